The summed E-state index contributed by atoms with van der Waals surface area (Å²) in [6.07, 6.45) is 10.6. The number of urea groups is 1. The van der Waals surface area contributed by atoms with Crippen molar-refractivity contribution >= 4 is 69.3 Å². The van der Waals surface area contributed by atoms with Crippen LogP contribution in [0.2, 0.25) is 0 Å². The Labute approximate surface area is 468 Å². The van der Waals surface area contributed by atoms with Gasteiger partial charge < -0.3 is 35.4 Å². The number of benzene rings is 4. The first-order valence-corrected chi connectivity index (χ1v) is 28.1. The molecule has 422 valence electrons. The number of rotatable bonds is 19. The Morgan fingerprint density at radius 2 is 1.60 bits per heavy atom. The third-order valence-electron chi connectivity index (χ3n) is 17.2. The zero-order chi connectivity index (χ0) is 57.6. The van der Waals surface area contributed by atoms with E-state index >= 15 is 4.79 Å². The highest BCUT2D eigenvalue weighted by Crippen LogP contribution is 2.56. The second-order valence-electron chi connectivity index (χ2n) is 23.0. The number of allylic oxidation sites excluding steroid dienone is 4. The van der Waals surface area contributed by atoms with Gasteiger partial charge in [0.15, 0.2) is 11.9 Å². The lowest BCUT2D eigenvalue weighted by molar-refractivity contribution is -0.135. The summed E-state index contributed by atoms with van der Waals surface area (Å²) in [5, 5.41) is 42.4. The number of aromatic hydroxyl groups is 1. The molecule has 2 fully saturated rings. The van der Waals surface area contributed by atoms with Crippen molar-refractivity contribution in [2.75, 3.05) is 38.9 Å². The van der Waals surface area contributed by atoms with Crippen molar-refractivity contribution in [2.45, 2.75) is 145 Å². The average molecular weight is 1090 g/mol. The van der Waals surface area contributed by atoms with Crippen LogP contribution in [0.25, 0.3) is 11.0 Å². The maximum absolute atomic E-state index is 15.1. The van der Waals surface area contributed by atoms with Crippen LogP contribution < -0.4 is 30.6 Å². The number of hydrogen-bond donors (Lipinski definition) is 5. The smallest absolute Gasteiger partial charge is 0.441 e. The van der Waals surface area contributed by atoms with Gasteiger partial charge in [-0.2, -0.15) is 10.3 Å². The van der Waals surface area contributed by atoms with Gasteiger partial charge in [-0.3, -0.25) is 24.5 Å². The van der Waals surface area contributed by atoms with Gasteiger partial charge >= 0.3 is 12.1 Å². The standard InChI is InChI=1S/C62H76N10O8/c1-10-14-18-51(79-53-30-22-42(59(5,6)12-3)37-61(53,9)60(7,8)13-4)54(74)65-49-35-50(73)48(66-57(77)64-43-23-19-40(38-63)20-24-43)36-52(49)80-58(78)72-56(76)62(31-16-15-17-32-62)39-71(72)45-27-25-44(26-28-45)70(33-11-2)55(75)41-21-29-46-47(34-41)68-69-67-46/h19-30,34-36,51,73H,10-18,31-33,37,39H2,1-9H3,(H,65,74)(H2,64,66,77)(H,67,68,69). The lowest BCUT2D eigenvalue weighted by Gasteiger charge is -2.49. The van der Waals surface area contributed by atoms with Crippen molar-refractivity contribution in [3.63, 3.8) is 0 Å². The second-order valence-corrected chi connectivity index (χ2v) is 23.0. The highest BCUT2D eigenvalue weighted by molar-refractivity contribution is 6.08. The van der Waals surface area contributed by atoms with E-state index in [9.17, 15) is 29.5 Å². The molecule has 18 nitrogen and oxygen atoms in total. The van der Waals surface area contributed by atoms with Crippen LogP contribution in [0.5, 0.6) is 11.5 Å². The number of nitriles is 1. The molecule has 2 heterocycles. The fraction of sp³-hybridized carbons (Fsp3) is 0.452. The molecule has 8 rings (SSSR count). The highest BCUT2D eigenvalue weighted by atomic mass is 16.6. The van der Waals surface area contributed by atoms with E-state index in [-0.39, 0.29) is 40.4 Å². The minimum absolute atomic E-state index is 0.0556. The molecular formula is C62H76N10O8. The van der Waals surface area contributed by atoms with E-state index in [0.29, 0.717) is 83.6 Å². The van der Waals surface area contributed by atoms with E-state index in [1.807, 2.05) is 26.0 Å². The molecule has 0 bridgehead atoms. The molecule has 1 aromatic heterocycles. The molecule has 6 amide bonds. The fourth-order valence-corrected chi connectivity index (χ4v) is 10.9. The number of aromatic nitrogens is 3. The molecule has 2 unspecified atom stereocenters. The van der Waals surface area contributed by atoms with Crippen LogP contribution in [0.15, 0.2) is 102 Å². The number of phenolic OH excluding ortho intramolecular Hbond substituents is 1. The number of carbonyl (C=O) groups excluding carboxylic acids is 5. The topological polar surface area (TPSA) is 235 Å². The fourth-order valence-electron chi connectivity index (χ4n) is 10.9. The first-order valence-electron chi connectivity index (χ1n) is 28.1. The number of anilines is 5. The van der Waals surface area contributed by atoms with E-state index in [0.717, 1.165) is 50.0 Å². The largest absolute Gasteiger partial charge is 0.506 e. The molecule has 18 heteroatoms. The summed E-state index contributed by atoms with van der Waals surface area (Å²) in [6.45, 7) is 20.1. The molecule has 0 radical (unpaired) electrons. The first kappa shape index (κ1) is 58.0. The van der Waals surface area contributed by atoms with Crippen molar-refractivity contribution in [3.8, 4) is 17.6 Å². The molecular weight excluding hydrogens is 1010 g/mol. The van der Waals surface area contributed by atoms with Crippen molar-refractivity contribution in [2.24, 2.45) is 21.7 Å². The number of imide groups is 1. The van der Waals surface area contributed by atoms with E-state index < -0.39 is 46.6 Å². The van der Waals surface area contributed by atoms with Crippen LogP contribution in [-0.2, 0) is 14.3 Å². The zero-order valence-corrected chi connectivity index (χ0v) is 47.6. The third kappa shape index (κ3) is 12.0. The number of ether oxygens (including phenoxy) is 2. The SMILES string of the molecule is CCCCC(OC1=CC=C(C(C)(C)CC)CC1(C)C(C)(C)CC)C(=O)Nc1cc(O)c(NC(=O)Nc2ccc(C#N)cc2)cc1OC(=O)N1C(=O)C2(CCCCC2)CN1c1ccc(N(CCC)C(=O)c2ccc3nn[nH]c3c2)cc1. The van der Waals surface area contributed by atoms with Gasteiger partial charge in [0.05, 0.1) is 46.2 Å². The summed E-state index contributed by atoms with van der Waals surface area (Å²) < 4.78 is 13.1. The van der Waals surface area contributed by atoms with Gasteiger partial charge in [-0.1, -0.05) is 111 Å². The number of amides is 6. The molecule has 1 aliphatic heterocycles. The Morgan fingerprint density at radius 1 is 0.875 bits per heavy atom. The van der Waals surface area contributed by atoms with E-state index in [1.165, 1.54) is 29.8 Å². The van der Waals surface area contributed by atoms with Crippen molar-refractivity contribution in [1.29, 1.82) is 5.26 Å². The number of H-pyrrole nitrogens is 1. The summed E-state index contributed by atoms with van der Waals surface area (Å²) >= 11 is 0. The molecule has 1 spiro atoms. The molecule has 5 N–H and O–H groups in total. The van der Waals surface area contributed by atoms with E-state index in [4.69, 9.17) is 9.47 Å². The Kier molecular flexibility index (Phi) is 17.4. The lowest BCUT2D eigenvalue weighted by Crippen LogP contribution is -2.46. The zero-order valence-electron chi connectivity index (χ0n) is 47.6. The van der Waals surface area contributed by atoms with E-state index in [2.05, 4.69) is 85.9 Å². The lowest BCUT2D eigenvalue weighted by atomic mass is 9.57. The maximum atomic E-state index is 15.1. The molecule has 2 aliphatic carbocycles. The Hall–Kier alpha value is -8.20. The summed E-state index contributed by atoms with van der Waals surface area (Å²) in [5.74, 6) is -1.31. The summed E-state index contributed by atoms with van der Waals surface area (Å²) in [7, 11) is 0. The van der Waals surface area contributed by atoms with Crippen LogP contribution in [0.1, 0.15) is 155 Å². The predicted octanol–water partition coefficient (Wildman–Crippen LogP) is 13.6. The van der Waals surface area contributed by atoms with Gasteiger partial charge in [0.2, 0.25) is 0 Å². The third-order valence-corrected chi connectivity index (χ3v) is 17.2. The number of carbonyl (C=O) groups is 5. The number of hydrogen-bond acceptors (Lipinski definition) is 12. The summed E-state index contributed by atoms with van der Waals surface area (Å²) in [4.78, 5) is 74.1. The Balaban J connectivity index is 1.13. The van der Waals surface area contributed by atoms with Gasteiger partial charge in [0, 0.05) is 41.0 Å². The highest BCUT2D eigenvalue weighted by Gasteiger charge is 2.55. The quantitative estimate of drug-likeness (QED) is 0.0486. The average Bonchev–Trinajstić information content (AvgIpc) is 4.04. The Bertz CT molecular complexity index is 3220. The second kappa shape index (κ2) is 24.0. The number of fused-ring (bicyclic) bond motifs is 1. The van der Waals surface area contributed by atoms with Crippen molar-refractivity contribution in [1.82, 2.24) is 20.4 Å². The monoisotopic (exact) mass is 1090 g/mol. The number of nitrogens with zero attached hydrogens (tertiary/aromatic N) is 6. The summed E-state index contributed by atoms with van der Waals surface area (Å²) in [5.41, 5.74) is 2.85. The molecule has 1 saturated heterocycles. The first-order chi connectivity index (χ1) is 38.2. The maximum Gasteiger partial charge on any atom is 0.441 e. The van der Waals surface area contributed by atoms with Gasteiger partial charge in [0.25, 0.3) is 17.7 Å². The van der Waals surface area contributed by atoms with Crippen LogP contribution in [0.4, 0.5) is 38.0 Å². The predicted molar refractivity (Wildman–Crippen MR) is 310 cm³/mol. The normalized spacial score (nSPS) is 17.5. The van der Waals surface area contributed by atoms with Crippen molar-refractivity contribution in [3.05, 3.63) is 113 Å². The number of phenols is 1. The number of hydrazine groups is 1. The molecule has 2 atom stereocenters. The van der Waals surface area contributed by atoms with Gasteiger partial charge in [0.1, 0.15) is 17.0 Å². The van der Waals surface area contributed by atoms with Gasteiger partial charge in [-0.05, 0) is 129 Å². The molecule has 5 aromatic rings. The number of aromatic amines is 1. The summed E-state index contributed by atoms with van der Waals surface area (Å²) in [6, 6.07) is 22.1. The van der Waals surface area contributed by atoms with Crippen molar-refractivity contribution < 1.29 is 38.6 Å². The molecule has 3 aliphatic rings. The minimum atomic E-state index is -1.09. The van der Waals surface area contributed by atoms with Gasteiger partial charge in [-0.15, -0.1) is 5.10 Å². The van der Waals surface area contributed by atoms with Crippen LogP contribution in [0.3, 0.4) is 0 Å². The number of nitrogens with one attached hydrogen (secondary N) is 4. The molecule has 80 heavy (non-hydrogen) atoms. The number of unbranched alkanes of at least 4 members (excludes halogenated alkanes) is 1. The van der Waals surface area contributed by atoms with Gasteiger partial charge in [-0.25, -0.2) is 9.59 Å². The minimum Gasteiger partial charge on any atom is -0.506 e. The van der Waals surface area contributed by atoms with Crippen LogP contribution >= 0.6 is 0 Å². The molecule has 1 saturated carbocycles. The molecule has 4 aromatic carbocycles. The van der Waals surface area contributed by atoms with E-state index in [1.54, 1.807) is 64.5 Å². The Morgan fingerprint density at radius 3 is 2.26 bits per heavy atom. The van der Waals surface area contributed by atoms with Crippen LogP contribution in [-0.4, -0.2) is 74.6 Å². The van der Waals surface area contributed by atoms with Crippen LogP contribution in [0, 0.1) is 33.0 Å².